The third kappa shape index (κ3) is 4.27. The first kappa shape index (κ1) is 20.5. The van der Waals surface area contributed by atoms with Crippen LogP contribution in [-0.2, 0) is 6.54 Å². The lowest BCUT2D eigenvalue weighted by molar-refractivity contribution is 0.0950. The number of H-pyrrole nitrogens is 2. The molecule has 4 N–H and O–H groups in total. The molecule has 10 nitrogen and oxygen atoms in total. The third-order valence-corrected chi connectivity index (χ3v) is 5.59. The van der Waals surface area contributed by atoms with Crippen LogP contribution in [0.2, 0.25) is 0 Å². The second kappa shape index (κ2) is 8.67. The van der Waals surface area contributed by atoms with Crippen molar-refractivity contribution in [3.05, 3.63) is 90.6 Å². The zero-order valence-electron chi connectivity index (χ0n) is 18.4. The van der Waals surface area contributed by atoms with Crippen LogP contribution in [0.5, 0.6) is 0 Å². The zero-order valence-corrected chi connectivity index (χ0v) is 18.4. The summed E-state index contributed by atoms with van der Waals surface area (Å²) in [4.78, 5) is 24.8. The number of aromatic nitrogens is 7. The Morgan fingerprint density at radius 3 is 2.77 bits per heavy atom. The highest BCUT2D eigenvalue weighted by molar-refractivity contribution is 5.93. The van der Waals surface area contributed by atoms with Crippen LogP contribution in [0.1, 0.15) is 16.1 Å². The number of anilines is 2. The molecule has 2 aromatic carbocycles. The first-order valence-corrected chi connectivity index (χ1v) is 10.9. The van der Waals surface area contributed by atoms with Crippen molar-refractivity contribution >= 4 is 39.2 Å². The molecule has 0 aliphatic rings. The van der Waals surface area contributed by atoms with Crippen molar-refractivity contribution in [1.29, 1.82) is 0 Å². The van der Waals surface area contributed by atoms with E-state index in [1.54, 1.807) is 18.5 Å². The number of amides is 1. The largest absolute Gasteiger partial charge is 0.357 e. The van der Waals surface area contributed by atoms with Crippen molar-refractivity contribution in [2.45, 2.75) is 6.54 Å². The van der Waals surface area contributed by atoms with Gasteiger partial charge in [0.15, 0.2) is 5.82 Å². The van der Waals surface area contributed by atoms with Gasteiger partial charge in [-0.1, -0.05) is 12.1 Å². The normalized spacial score (nSPS) is 11.1. The van der Waals surface area contributed by atoms with Crippen molar-refractivity contribution in [1.82, 2.24) is 40.7 Å². The van der Waals surface area contributed by atoms with E-state index in [0.717, 1.165) is 38.8 Å². The van der Waals surface area contributed by atoms with Gasteiger partial charge in [-0.25, -0.2) is 9.97 Å². The Kier molecular flexibility index (Phi) is 5.08. The molecule has 0 atom stereocenters. The third-order valence-electron chi connectivity index (χ3n) is 5.59. The van der Waals surface area contributed by atoms with Gasteiger partial charge in [0.05, 0.1) is 36.2 Å². The molecule has 0 spiro atoms. The molecule has 6 rings (SSSR count). The van der Waals surface area contributed by atoms with E-state index in [9.17, 15) is 4.79 Å². The summed E-state index contributed by atoms with van der Waals surface area (Å²) < 4.78 is 0. The molecule has 0 saturated carbocycles. The first-order chi connectivity index (χ1) is 17.2. The number of hydrogen-bond acceptors (Lipinski definition) is 7. The second-order valence-corrected chi connectivity index (χ2v) is 7.97. The van der Waals surface area contributed by atoms with Crippen LogP contribution in [-0.4, -0.2) is 41.3 Å². The Hall–Kier alpha value is -5.12. The summed E-state index contributed by atoms with van der Waals surface area (Å²) in [6.45, 7) is 0.363. The van der Waals surface area contributed by atoms with Crippen LogP contribution in [0, 0.1) is 0 Å². The molecule has 0 aliphatic carbocycles. The summed E-state index contributed by atoms with van der Waals surface area (Å²) in [7, 11) is 0. The minimum atomic E-state index is -0.205. The minimum Gasteiger partial charge on any atom is -0.357 e. The van der Waals surface area contributed by atoms with Gasteiger partial charge in [-0.2, -0.15) is 15.3 Å². The minimum absolute atomic E-state index is 0.205. The average Bonchev–Trinajstić information content (AvgIpc) is 3.53. The molecule has 4 heterocycles. The fourth-order valence-electron chi connectivity index (χ4n) is 3.86. The molecular weight excluding hydrogens is 442 g/mol. The van der Waals surface area contributed by atoms with E-state index < -0.39 is 0 Å². The summed E-state index contributed by atoms with van der Waals surface area (Å²) >= 11 is 0. The first-order valence-electron chi connectivity index (χ1n) is 10.9. The number of carbonyl (C=O) groups excluding carboxylic acids is 1. The van der Waals surface area contributed by atoms with Crippen molar-refractivity contribution in [2.75, 3.05) is 5.32 Å². The number of nitrogens with zero attached hydrogens (tertiary/aromatic N) is 5. The van der Waals surface area contributed by atoms with Crippen LogP contribution in [0.25, 0.3) is 33.2 Å². The van der Waals surface area contributed by atoms with Gasteiger partial charge < -0.3 is 15.6 Å². The number of benzene rings is 2. The molecule has 0 fully saturated rings. The Bertz CT molecular complexity index is 1660. The standard InChI is InChI=1S/C25H19N9O/c35-25(17-5-8-28-29-12-17)27-14-20-9-15-1-2-16(11-22(15)31-20)24-26-7-6-23(33-24)32-19-3-4-21-18(10-19)13-30-34-21/h1-13,31H,14H2,(H,27,35)(H,30,34)(H,26,32,33). The Morgan fingerprint density at radius 2 is 1.86 bits per heavy atom. The summed E-state index contributed by atoms with van der Waals surface area (Å²) in [5, 5.41) is 22.7. The van der Waals surface area contributed by atoms with Gasteiger partial charge in [0, 0.05) is 34.0 Å². The summed E-state index contributed by atoms with van der Waals surface area (Å²) in [5.41, 5.74) is 5.06. The summed E-state index contributed by atoms with van der Waals surface area (Å²) in [6, 6.07) is 17.4. The highest BCUT2D eigenvalue weighted by Crippen LogP contribution is 2.25. The van der Waals surface area contributed by atoms with Gasteiger partial charge in [0.2, 0.25) is 0 Å². The Balaban J connectivity index is 1.20. The van der Waals surface area contributed by atoms with Crippen LogP contribution in [0.3, 0.4) is 0 Å². The maximum atomic E-state index is 12.3. The van der Waals surface area contributed by atoms with Gasteiger partial charge in [-0.3, -0.25) is 9.89 Å². The second-order valence-electron chi connectivity index (χ2n) is 7.97. The SMILES string of the molecule is O=C(NCc1cc2ccc(-c3nccc(Nc4ccc5[nH]ncc5c4)n3)cc2[nH]1)c1ccnnc1. The number of carbonyl (C=O) groups is 1. The summed E-state index contributed by atoms with van der Waals surface area (Å²) in [6.07, 6.45) is 6.44. The number of hydrogen-bond donors (Lipinski definition) is 4. The average molecular weight is 461 g/mol. The molecule has 1 amide bonds. The van der Waals surface area contributed by atoms with Gasteiger partial charge in [-0.05, 0) is 47.9 Å². The monoisotopic (exact) mass is 461 g/mol. The molecule has 170 valence electrons. The smallest absolute Gasteiger partial charge is 0.253 e. The number of nitrogens with one attached hydrogen (secondary N) is 4. The van der Waals surface area contributed by atoms with E-state index in [1.165, 1.54) is 12.4 Å². The highest BCUT2D eigenvalue weighted by atomic mass is 16.1. The maximum Gasteiger partial charge on any atom is 0.253 e. The van der Waals surface area contributed by atoms with Gasteiger partial charge in [-0.15, -0.1) is 0 Å². The molecule has 4 aromatic heterocycles. The lowest BCUT2D eigenvalue weighted by Crippen LogP contribution is -2.23. The molecule has 0 radical (unpaired) electrons. The van der Waals surface area contributed by atoms with Crippen LogP contribution in [0.4, 0.5) is 11.5 Å². The zero-order chi connectivity index (χ0) is 23.6. The number of fused-ring (bicyclic) bond motifs is 2. The number of aromatic amines is 2. The van der Waals surface area contributed by atoms with Gasteiger partial charge in [0.25, 0.3) is 5.91 Å². The number of rotatable bonds is 6. The topological polar surface area (TPSA) is 137 Å². The molecule has 35 heavy (non-hydrogen) atoms. The molecule has 6 aromatic rings. The van der Waals surface area contributed by atoms with E-state index in [0.29, 0.717) is 23.8 Å². The molecule has 0 aliphatic heterocycles. The van der Waals surface area contributed by atoms with E-state index in [2.05, 4.69) is 46.0 Å². The van der Waals surface area contributed by atoms with E-state index in [1.807, 2.05) is 48.5 Å². The van der Waals surface area contributed by atoms with Crippen LogP contribution in [0.15, 0.2) is 79.4 Å². The van der Waals surface area contributed by atoms with Crippen LogP contribution >= 0.6 is 0 Å². The molecule has 10 heteroatoms. The Labute approximate surface area is 198 Å². The van der Waals surface area contributed by atoms with E-state index >= 15 is 0 Å². The molecule has 0 unspecified atom stereocenters. The lowest BCUT2D eigenvalue weighted by Gasteiger charge is -2.07. The predicted octanol–water partition coefficient (Wildman–Crippen LogP) is 3.96. The van der Waals surface area contributed by atoms with Crippen molar-refractivity contribution in [3.8, 4) is 11.4 Å². The predicted molar refractivity (Wildman–Crippen MR) is 132 cm³/mol. The van der Waals surface area contributed by atoms with E-state index in [4.69, 9.17) is 0 Å². The quantitative estimate of drug-likeness (QED) is 0.295. The molecule has 0 saturated heterocycles. The van der Waals surface area contributed by atoms with E-state index in [-0.39, 0.29) is 5.91 Å². The lowest BCUT2D eigenvalue weighted by atomic mass is 10.1. The fourth-order valence-corrected chi connectivity index (χ4v) is 3.86. The van der Waals surface area contributed by atoms with Crippen molar-refractivity contribution in [2.24, 2.45) is 0 Å². The van der Waals surface area contributed by atoms with Crippen molar-refractivity contribution in [3.63, 3.8) is 0 Å². The van der Waals surface area contributed by atoms with Crippen molar-refractivity contribution < 1.29 is 4.79 Å². The van der Waals surface area contributed by atoms with Gasteiger partial charge in [0.1, 0.15) is 5.82 Å². The van der Waals surface area contributed by atoms with Crippen LogP contribution < -0.4 is 10.6 Å². The maximum absolute atomic E-state index is 12.3. The van der Waals surface area contributed by atoms with Gasteiger partial charge >= 0.3 is 0 Å². The molecular formula is C25H19N9O. The highest BCUT2D eigenvalue weighted by Gasteiger charge is 2.09. The fraction of sp³-hybridized carbons (Fsp3) is 0.0400. The summed E-state index contributed by atoms with van der Waals surface area (Å²) in [5.74, 6) is 1.10. The molecule has 0 bridgehead atoms. The Morgan fingerprint density at radius 1 is 0.886 bits per heavy atom.